The van der Waals surface area contributed by atoms with Crippen molar-refractivity contribution in [2.75, 3.05) is 5.32 Å². The first-order chi connectivity index (χ1) is 14.6. The Kier molecular flexibility index (Phi) is 4.87. The molecule has 4 aromatic rings. The van der Waals surface area contributed by atoms with Gasteiger partial charge in [0.25, 0.3) is 0 Å². The lowest BCUT2D eigenvalue weighted by Gasteiger charge is -2.28. The molecule has 30 heavy (non-hydrogen) atoms. The van der Waals surface area contributed by atoms with Gasteiger partial charge >= 0.3 is 0 Å². The Labute approximate surface area is 182 Å². The minimum absolute atomic E-state index is 0.0467. The number of nitrogens with one attached hydrogen (secondary N) is 1. The monoisotopic (exact) mass is 461 g/mol. The Morgan fingerprint density at radius 3 is 2.60 bits per heavy atom. The van der Waals surface area contributed by atoms with Gasteiger partial charge in [0.15, 0.2) is 5.58 Å². The van der Waals surface area contributed by atoms with Gasteiger partial charge in [0.1, 0.15) is 5.52 Å². The molecule has 1 aliphatic rings. The molecule has 5 rings (SSSR count). The topological polar surface area (TPSA) is 68.0 Å². The van der Waals surface area contributed by atoms with Crippen LogP contribution in [0.25, 0.3) is 22.6 Å². The van der Waals surface area contributed by atoms with Crippen molar-refractivity contribution >= 4 is 38.6 Å². The van der Waals surface area contributed by atoms with E-state index in [1.165, 1.54) is 0 Å². The van der Waals surface area contributed by atoms with Crippen LogP contribution in [0.1, 0.15) is 31.2 Å². The van der Waals surface area contributed by atoms with E-state index in [1.807, 2.05) is 42.5 Å². The SMILES string of the molecule is O=C(Nc1ccc2oc(-c3cncc(Br)c3)nc2c1)C1(c2ccccc2)CCCC1. The van der Waals surface area contributed by atoms with Crippen LogP contribution in [-0.4, -0.2) is 15.9 Å². The van der Waals surface area contributed by atoms with Gasteiger partial charge in [0, 0.05) is 22.6 Å². The number of amides is 1. The third-order valence-corrected chi connectivity index (χ3v) is 6.25. The van der Waals surface area contributed by atoms with Gasteiger partial charge in [-0.2, -0.15) is 0 Å². The first kappa shape index (κ1) is 19.0. The molecule has 6 heteroatoms. The summed E-state index contributed by atoms with van der Waals surface area (Å²) in [5.41, 5.74) is 3.51. The van der Waals surface area contributed by atoms with Crippen molar-refractivity contribution in [1.29, 1.82) is 0 Å². The summed E-state index contributed by atoms with van der Waals surface area (Å²) in [6.45, 7) is 0. The van der Waals surface area contributed by atoms with E-state index in [1.54, 1.807) is 12.4 Å². The molecule has 1 saturated carbocycles. The number of benzene rings is 2. The lowest BCUT2D eigenvalue weighted by atomic mass is 9.78. The van der Waals surface area contributed by atoms with E-state index in [2.05, 4.69) is 43.3 Å². The number of anilines is 1. The van der Waals surface area contributed by atoms with Gasteiger partial charge in [-0.3, -0.25) is 9.78 Å². The maximum Gasteiger partial charge on any atom is 0.235 e. The summed E-state index contributed by atoms with van der Waals surface area (Å²) in [6.07, 6.45) is 7.29. The summed E-state index contributed by atoms with van der Waals surface area (Å²) in [5.74, 6) is 0.546. The van der Waals surface area contributed by atoms with Crippen molar-refractivity contribution in [2.24, 2.45) is 0 Å². The van der Waals surface area contributed by atoms with E-state index in [-0.39, 0.29) is 5.91 Å². The molecule has 0 unspecified atom stereocenters. The Balaban J connectivity index is 1.44. The number of rotatable bonds is 4. The lowest BCUT2D eigenvalue weighted by molar-refractivity contribution is -0.121. The molecule has 2 aromatic carbocycles. The zero-order valence-corrected chi connectivity index (χ0v) is 17.9. The van der Waals surface area contributed by atoms with Gasteiger partial charge in [-0.25, -0.2) is 4.98 Å². The Morgan fingerprint density at radius 1 is 1.03 bits per heavy atom. The standard InChI is InChI=1S/C24H20BrN3O2/c25-18-12-16(14-26-15-18)22-28-20-13-19(8-9-21(20)30-22)27-23(29)24(10-4-5-11-24)17-6-2-1-3-7-17/h1-3,6-9,12-15H,4-5,10-11H2,(H,27,29). The van der Waals surface area contributed by atoms with Gasteiger partial charge in [0.2, 0.25) is 11.8 Å². The summed E-state index contributed by atoms with van der Waals surface area (Å²) in [7, 11) is 0. The van der Waals surface area contributed by atoms with Gasteiger partial charge in [0.05, 0.1) is 11.0 Å². The molecule has 1 aliphatic carbocycles. The molecule has 1 amide bonds. The molecule has 0 spiro atoms. The van der Waals surface area contributed by atoms with Crippen LogP contribution in [0.2, 0.25) is 0 Å². The minimum atomic E-state index is -0.465. The van der Waals surface area contributed by atoms with Crippen molar-refractivity contribution < 1.29 is 9.21 Å². The highest BCUT2D eigenvalue weighted by Crippen LogP contribution is 2.42. The second kappa shape index (κ2) is 7.69. The molecule has 0 saturated heterocycles. The third-order valence-electron chi connectivity index (χ3n) is 5.82. The second-order valence-corrected chi connectivity index (χ2v) is 8.62. The van der Waals surface area contributed by atoms with E-state index in [0.717, 1.165) is 47.0 Å². The van der Waals surface area contributed by atoms with Crippen molar-refractivity contribution in [1.82, 2.24) is 9.97 Å². The molecule has 1 N–H and O–H groups in total. The molecular formula is C24H20BrN3O2. The zero-order chi connectivity index (χ0) is 20.6. The zero-order valence-electron chi connectivity index (χ0n) is 16.3. The van der Waals surface area contributed by atoms with E-state index in [9.17, 15) is 4.79 Å². The fraction of sp³-hybridized carbons (Fsp3) is 0.208. The summed E-state index contributed by atoms with van der Waals surface area (Å²) in [4.78, 5) is 22.1. The van der Waals surface area contributed by atoms with Crippen LogP contribution < -0.4 is 5.32 Å². The molecule has 5 nitrogen and oxygen atoms in total. The maximum absolute atomic E-state index is 13.4. The highest BCUT2D eigenvalue weighted by atomic mass is 79.9. The van der Waals surface area contributed by atoms with E-state index >= 15 is 0 Å². The van der Waals surface area contributed by atoms with Crippen molar-refractivity contribution in [2.45, 2.75) is 31.1 Å². The van der Waals surface area contributed by atoms with Gasteiger partial charge in [-0.05, 0) is 58.6 Å². The molecule has 150 valence electrons. The molecule has 0 bridgehead atoms. The lowest BCUT2D eigenvalue weighted by Crippen LogP contribution is -2.37. The normalized spacial score (nSPS) is 15.4. The number of fused-ring (bicyclic) bond motifs is 1. The van der Waals surface area contributed by atoms with Crippen LogP contribution >= 0.6 is 15.9 Å². The first-order valence-electron chi connectivity index (χ1n) is 10.0. The van der Waals surface area contributed by atoms with Crippen molar-refractivity contribution in [3.8, 4) is 11.5 Å². The van der Waals surface area contributed by atoms with Crippen LogP contribution in [0.3, 0.4) is 0 Å². The van der Waals surface area contributed by atoms with Crippen LogP contribution in [0.4, 0.5) is 5.69 Å². The predicted octanol–water partition coefficient (Wildman–Crippen LogP) is 6.10. The van der Waals surface area contributed by atoms with Gasteiger partial charge in [-0.1, -0.05) is 43.2 Å². The maximum atomic E-state index is 13.4. The van der Waals surface area contributed by atoms with E-state index in [4.69, 9.17) is 4.42 Å². The molecule has 1 fully saturated rings. The van der Waals surface area contributed by atoms with Crippen LogP contribution in [0, 0.1) is 0 Å². The average Bonchev–Trinajstić information content (AvgIpc) is 3.42. The molecule has 0 aliphatic heterocycles. The average molecular weight is 462 g/mol. The predicted molar refractivity (Wildman–Crippen MR) is 120 cm³/mol. The van der Waals surface area contributed by atoms with Crippen LogP contribution in [0.15, 0.2) is 75.9 Å². The minimum Gasteiger partial charge on any atom is -0.436 e. The summed E-state index contributed by atoms with van der Waals surface area (Å²) in [6, 6.07) is 17.6. The molecule has 2 heterocycles. The van der Waals surface area contributed by atoms with Gasteiger partial charge < -0.3 is 9.73 Å². The number of carbonyl (C=O) groups excluding carboxylic acids is 1. The third kappa shape index (κ3) is 3.41. The highest BCUT2D eigenvalue weighted by molar-refractivity contribution is 9.10. The van der Waals surface area contributed by atoms with E-state index in [0.29, 0.717) is 17.0 Å². The Bertz CT molecular complexity index is 1210. The first-order valence-corrected chi connectivity index (χ1v) is 10.8. The summed E-state index contributed by atoms with van der Waals surface area (Å²) >= 11 is 3.42. The number of carbonyl (C=O) groups is 1. The summed E-state index contributed by atoms with van der Waals surface area (Å²) < 4.78 is 6.73. The fourth-order valence-corrected chi connectivity index (χ4v) is 4.66. The molecule has 0 radical (unpaired) electrons. The second-order valence-electron chi connectivity index (χ2n) is 7.70. The van der Waals surface area contributed by atoms with Crippen LogP contribution in [0.5, 0.6) is 0 Å². The number of hydrogen-bond acceptors (Lipinski definition) is 4. The largest absolute Gasteiger partial charge is 0.436 e. The smallest absolute Gasteiger partial charge is 0.235 e. The fourth-order valence-electron chi connectivity index (χ4n) is 4.29. The summed E-state index contributed by atoms with van der Waals surface area (Å²) in [5, 5.41) is 3.13. The number of nitrogens with zero attached hydrogens (tertiary/aromatic N) is 2. The molecular weight excluding hydrogens is 442 g/mol. The number of aromatic nitrogens is 2. The number of halogens is 1. The number of oxazole rings is 1. The van der Waals surface area contributed by atoms with Gasteiger partial charge in [-0.15, -0.1) is 0 Å². The quantitative estimate of drug-likeness (QED) is 0.398. The number of pyridine rings is 1. The van der Waals surface area contributed by atoms with Crippen molar-refractivity contribution in [3.05, 3.63) is 77.0 Å². The highest BCUT2D eigenvalue weighted by Gasteiger charge is 2.42. The number of hydrogen-bond donors (Lipinski definition) is 1. The van der Waals surface area contributed by atoms with Crippen LogP contribution in [-0.2, 0) is 10.2 Å². The Morgan fingerprint density at radius 2 is 1.83 bits per heavy atom. The Hall–Kier alpha value is -2.99. The molecule has 2 aromatic heterocycles. The van der Waals surface area contributed by atoms with Crippen molar-refractivity contribution in [3.63, 3.8) is 0 Å². The molecule has 0 atom stereocenters. The van der Waals surface area contributed by atoms with E-state index < -0.39 is 5.41 Å².